The summed E-state index contributed by atoms with van der Waals surface area (Å²) in [6, 6.07) is 16.4. The van der Waals surface area contributed by atoms with Gasteiger partial charge in [-0.1, -0.05) is 48.4 Å². The van der Waals surface area contributed by atoms with Crippen LogP contribution < -0.4 is 4.74 Å². The number of aliphatic hydroxyl groups excluding tert-OH is 1. The van der Waals surface area contributed by atoms with Gasteiger partial charge in [0.25, 0.3) is 0 Å². The normalized spacial score (nSPS) is 17.9. The number of aliphatic hydroxyl groups is 1. The van der Waals surface area contributed by atoms with Crippen molar-refractivity contribution in [3.05, 3.63) is 65.2 Å². The van der Waals surface area contributed by atoms with Crippen molar-refractivity contribution in [1.82, 2.24) is 0 Å². The second-order valence-electron chi connectivity index (χ2n) is 6.02. The summed E-state index contributed by atoms with van der Waals surface area (Å²) >= 11 is 0. The van der Waals surface area contributed by atoms with Crippen LogP contribution in [0.1, 0.15) is 42.1 Å². The van der Waals surface area contributed by atoms with E-state index >= 15 is 0 Å². The van der Waals surface area contributed by atoms with Gasteiger partial charge in [-0.15, -0.1) is 0 Å². The zero-order chi connectivity index (χ0) is 14.9. The SMILES string of the molecule is COc1ccc(C)cc1C(O)C1(c2ccccc2)CCC1. The number of hydrogen-bond donors (Lipinski definition) is 1. The van der Waals surface area contributed by atoms with Crippen LogP contribution in [0.2, 0.25) is 0 Å². The minimum atomic E-state index is -0.525. The van der Waals surface area contributed by atoms with Crippen LogP contribution in [0.25, 0.3) is 0 Å². The maximum Gasteiger partial charge on any atom is 0.124 e. The van der Waals surface area contributed by atoms with Gasteiger partial charge in [-0.25, -0.2) is 0 Å². The maximum absolute atomic E-state index is 11.1. The Morgan fingerprint density at radius 2 is 1.81 bits per heavy atom. The van der Waals surface area contributed by atoms with Gasteiger partial charge < -0.3 is 9.84 Å². The van der Waals surface area contributed by atoms with Crippen LogP contribution in [0.5, 0.6) is 5.75 Å². The molecule has 2 aromatic carbocycles. The summed E-state index contributed by atoms with van der Waals surface area (Å²) in [7, 11) is 1.66. The highest BCUT2D eigenvalue weighted by Crippen LogP contribution is 2.53. The molecular weight excluding hydrogens is 260 g/mol. The molecule has 0 aliphatic heterocycles. The molecule has 1 aliphatic rings. The predicted molar refractivity (Wildman–Crippen MR) is 84.7 cm³/mol. The summed E-state index contributed by atoms with van der Waals surface area (Å²) < 4.78 is 5.46. The van der Waals surface area contributed by atoms with Crippen LogP contribution >= 0.6 is 0 Å². The van der Waals surface area contributed by atoms with Crippen LogP contribution in [0, 0.1) is 6.92 Å². The van der Waals surface area contributed by atoms with E-state index in [1.165, 1.54) is 12.0 Å². The molecule has 1 N–H and O–H groups in total. The molecule has 0 spiro atoms. The molecule has 1 unspecified atom stereocenters. The van der Waals surface area contributed by atoms with Crippen LogP contribution in [-0.2, 0) is 5.41 Å². The Balaban J connectivity index is 2.04. The fraction of sp³-hybridized carbons (Fsp3) is 0.368. The highest BCUT2D eigenvalue weighted by Gasteiger charge is 2.46. The van der Waals surface area contributed by atoms with Crippen molar-refractivity contribution in [2.75, 3.05) is 7.11 Å². The predicted octanol–water partition coefficient (Wildman–Crippen LogP) is 4.16. The van der Waals surface area contributed by atoms with E-state index in [1.54, 1.807) is 7.11 Å². The zero-order valence-corrected chi connectivity index (χ0v) is 12.7. The maximum atomic E-state index is 11.1. The first kappa shape index (κ1) is 14.2. The van der Waals surface area contributed by atoms with E-state index in [0.717, 1.165) is 29.7 Å². The van der Waals surface area contributed by atoms with E-state index in [4.69, 9.17) is 4.74 Å². The molecule has 110 valence electrons. The summed E-state index contributed by atoms with van der Waals surface area (Å²) in [5.41, 5.74) is 3.11. The third-order valence-electron chi connectivity index (χ3n) is 4.80. The van der Waals surface area contributed by atoms with Gasteiger partial charge >= 0.3 is 0 Å². The lowest BCUT2D eigenvalue weighted by Crippen LogP contribution is -2.40. The number of hydrogen-bond acceptors (Lipinski definition) is 2. The van der Waals surface area contributed by atoms with Gasteiger partial charge in [0.15, 0.2) is 0 Å². The van der Waals surface area contributed by atoms with Crippen molar-refractivity contribution < 1.29 is 9.84 Å². The van der Waals surface area contributed by atoms with Gasteiger partial charge in [-0.3, -0.25) is 0 Å². The highest BCUT2D eigenvalue weighted by atomic mass is 16.5. The van der Waals surface area contributed by atoms with Gasteiger partial charge in [0.1, 0.15) is 5.75 Å². The lowest BCUT2D eigenvalue weighted by Gasteiger charge is -2.46. The van der Waals surface area contributed by atoms with Crippen molar-refractivity contribution >= 4 is 0 Å². The summed E-state index contributed by atoms with van der Waals surface area (Å²) in [5.74, 6) is 0.773. The molecule has 1 fully saturated rings. The van der Waals surface area contributed by atoms with E-state index in [9.17, 15) is 5.11 Å². The first-order valence-electron chi connectivity index (χ1n) is 7.55. The molecule has 1 atom stereocenters. The Hall–Kier alpha value is -1.80. The van der Waals surface area contributed by atoms with E-state index in [2.05, 4.69) is 24.3 Å². The third kappa shape index (κ3) is 2.34. The summed E-state index contributed by atoms with van der Waals surface area (Å²) in [4.78, 5) is 0. The number of ether oxygens (including phenoxy) is 1. The van der Waals surface area contributed by atoms with Gasteiger partial charge in [-0.05, 0) is 37.5 Å². The second-order valence-corrected chi connectivity index (χ2v) is 6.02. The Bertz CT molecular complexity index is 615. The number of rotatable bonds is 4. The number of aryl methyl sites for hydroxylation is 1. The first-order valence-corrected chi connectivity index (χ1v) is 7.55. The monoisotopic (exact) mass is 282 g/mol. The largest absolute Gasteiger partial charge is 0.496 e. The average molecular weight is 282 g/mol. The Labute approximate surface area is 126 Å². The first-order chi connectivity index (χ1) is 10.2. The van der Waals surface area contributed by atoms with E-state index in [-0.39, 0.29) is 5.41 Å². The minimum Gasteiger partial charge on any atom is -0.496 e. The van der Waals surface area contributed by atoms with E-state index in [0.29, 0.717) is 0 Å². The van der Waals surface area contributed by atoms with Crippen molar-refractivity contribution in [3.8, 4) is 5.75 Å². The van der Waals surface area contributed by atoms with E-state index in [1.807, 2.05) is 31.2 Å². The molecule has 0 bridgehead atoms. The molecule has 2 heteroatoms. The van der Waals surface area contributed by atoms with Crippen LogP contribution in [0.15, 0.2) is 48.5 Å². The fourth-order valence-electron chi connectivity index (χ4n) is 3.41. The quantitative estimate of drug-likeness (QED) is 0.912. The molecule has 3 rings (SSSR count). The Kier molecular flexibility index (Phi) is 3.73. The lowest BCUT2D eigenvalue weighted by molar-refractivity contribution is 0.0251. The van der Waals surface area contributed by atoms with Gasteiger partial charge in [0, 0.05) is 11.0 Å². The molecule has 0 heterocycles. The lowest BCUT2D eigenvalue weighted by atomic mass is 9.60. The smallest absolute Gasteiger partial charge is 0.124 e. The summed E-state index contributed by atoms with van der Waals surface area (Å²) in [6.45, 7) is 2.05. The third-order valence-corrected chi connectivity index (χ3v) is 4.80. The molecule has 0 radical (unpaired) electrons. The van der Waals surface area contributed by atoms with Gasteiger partial charge in [0.2, 0.25) is 0 Å². The van der Waals surface area contributed by atoms with Gasteiger partial charge in [-0.2, -0.15) is 0 Å². The summed E-state index contributed by atoms with van der Waals surface area (Å²) in [6.07, 6.45) is 2.69. The van der Waals surface area contributed by atoms with Crippen LogP contribution in [-0.4, -0.2) is 12.2 Å². The Morgan fingerprint density at radius 3 is 2.38 bits per heavy atom. The van der Waals surface area contributed by atoms with E-state index < -0.39 is 6.10 Å². The van der Waals surface area contributed by atoms with Crippen molar-refractivity contribution in [1.29, 1.82) is 0 Å². The van der Waals surface area contributed by atoms with Crippen LogP contribution in [0.4, 0.5) is 0 Å². The zero-order valence-electron chi connectivity index (χ0n) is 12.7. The molecular formula is C19H22O2. The summed E-state index contributed by atoms with van der Waals surface area (Å²) in [5, 5.41) is 11.1. The standard InChI is InChI=1S/C19H22O2/c1-14-9-10-17(21-2)16(13-14)18(20)19(11-6-12-19)15-7-4-3-5-8-15/h3-5,7-10,13,18,20H,6,11-12H2,1-2H3. The molecule has 0 aromatic heterocycles. The number of methoxy groups -OCH3 is 1. The molecule has 21 heavy (non-hydrogen) atoms. The Morgan fingerprint density at radius 1 is 1.10 bits per heavy atom. The average Bonchev–Trinajstić information content (AvgIpc) is 2.47. The molecule has 0 amide bonds. The number of benzene rings is 2. The second kappa shape index (κ2) is 5.53. The molecule has 1 saturated carbocycles. The topological polar surface area (TPSA) is 29.5 Å². The molecule has 2 nitrogen and oxygen atoms in total. The minimum absolute atomic E-state index is 0.164. The van der Waals surface area contributed by atoms with Crippen molar-refractivity contribution in [2.24, 2.45) is 0 Å². The van der Waals surface area contributed by atoms with Crippen molar-refractivity contribution in [2.45, 2.75) is 37.7 Å². The molecule has 0 saturated heterocycles. The fourth-order valence-corrected chi connectivity index (χ4v) is 3.41. The van der Waals surface area contributed by atoms with Crippen LogP contribution in [0.3, 0.4) is 0 Å². The van der Waals surface area contributed by atoms with Gasteiger partial charge in [0.05, 0.1) is 13.2 Å². The molecule has 2 aromatic rings. The van der Waals surface area contributed by atoms with Crippen molar-refractivity contribution in [3.63, 3.8) is 0 Å². The highest BCUT2D eigenvalue weighted by molar-refractivity contribution is 5.43. The molecule has 1 aliphatic carbocycles.